The van der Waals surface area contributed by atoms with Crippen LogP contribution in [0.5, 0.6) is 5.75 Å². The Morgan fingerprint density at radius 1 is 1.09 bits per heavy atom. The Kier molecular flexibility index (Phi) is 10.4. The topological polar surface area (TPSA) is 131 Å². The summed E-state index contributed by atoms with van der Waals surface area (Å²) in [5.41, 5.74) is 0.207. The maximum Gasteiger partial charge on any atom is 0.259 e. The molecule has 2 heterocycles. The van der Waals surface area contributed by atoms with Crippen molar-refractivity contribution in [1.29, 1.82) is 0 Å². The summed E-state index contributed by atoms with van der Waals surface area (Å²) in [5.74, 6) is -1.62. The van der Waals surface area contributed by atoms with Crippen LogP contribution in [-0.2, 0) is 14.3 Å². The van der Waals surface area contributed by atoms with Crippen molar-refractivity contribution in [2.45, 2.75) is 32.6 Å². The van der Waals surface area contributed by atoms with E-state index in [4.69, 9.17) is 25.8 Å². The third-order valence-corrected chi connectivity index (χ3v) is 6.32. The van der Waals surface area contributed by atoms with Gasteiger partial charge in [0.15, 0.2) is 6.23 Å². The number of hydrogen-bond donors (Lipinski definition) is 2. The monoisotopic (exact) mass is 611 g/mol. The molecule has 13 heteroatoms. The lowest BCUT2D eigenvalue weighted by molar-refractivity contribution is -0.0713. The molecule has 2 aromatic carbocycles. The van der Waals surface area contributed by atoms with Gasteiger partial charge in [-0.1, -0.05) is 11.6 Å². The van der Waals surface area contributed by atoms with Crippen molar-refractivity contribution in [3.8, 4) is 5.75 Å². The number of carbonyl (C=O) groups excluding carboxylic acids is 3. The lowest BCUT2D eigenvalue weighted by Gasteiger charge is -2.29. The molecule has 1 saturated heterocycles. The molecule has 1 aliphatic rings. The van der Waals surface area contributed by atoms with E-state index in [9.17, 15) is 18.8 Å². The van der Waals surface area contributed by atoms with Crippen LogP contribution in [0.1, 0.15) is 41.5 Å². The fourth-order valence-corrected chi connectivity index (χ4v) is 4.31. The standard InChI is InChI=1S/C30H31ClFN5O6/c1-30(2,3)43-27(34-18-38)17-42-25-15-21(37-10-12-41-13-11-37)6-7-22(25)28(39)35-24-8-5-20(32)14-23(24)29(40)36-26-9-4-19(31)16-33-26/h4-9,14-16,27H,10-13,17H2,1-3H3,(H,35,39)(H,33,36,40). The van der Waals surface area contributed by atoms with E-state index in [2.05, 4.69) is 25.5 Å². The third-order valence-electron chi connectivity index (χ3n) is 6.10. The number of benzene rings is 2. The van der Waals surface area contributed by atoms with Gasteiger partial charge in [-0.05, 0) is 63.2 Å². The van der Waals surface area contributed by atoms with Crippen LogP contribution < -0.4 is 20.3 Å². The fraction of sp³-hybridized carbons (Fsp3) is 0.333. The maximum absolute atomic E-state index is 14.2. The summed E-state index contributed by atoms with van der Waals surface area (Å²) in [5, 5.41) is 5.62. The van der Waals surface area contributed by atoms with Gasteiger partial charge in [0.2, 0.25) is 6.08 Å². The van der Waals surface area contributed by atoms with Gasteiger partial charge in [-0.25, -0.2) is 14.2 Å². The minimum Gasteiger partial charge on any atom is -0.488 e. The molecule has 2 N–H and O–H groups in total. The van der Waals surface area contributed by atoms with E-state index in [0.717, 1.165) is 17.8 Å². The molecule has 4 rings (SSSR count). The fourth-order valence-electron chi connectivity index (χ4n) is 4.20. The predicted molar refractivity (Wildman–Crippen MR) is 159 cm³/mol. The van der Waals surface area contributed by atoms with Gasteiger partial charge in [0.1, 0.15) is 24.0 Å². The molecule has 1 atom stereocenters. The van der Waals surface area contributed by atoms with E-state index in [0.29, 0.717) is 31.3 Å². The Balaban J connectivity index is 1.61. The summed E-state index contributed by atoms with van der Waals surface area (Å²) >= 11 is 5.86. The van der Waals surface area contributed by atoms with Crippen LogP contribution in [-0.4, -0.2) is 67.6 Å². The second kappa shape index (κ2) is 14.2. The number of pyridine rings is 1. The minimum atomic E-state index is -0.977. The van der Waals surface area contributed by atoms with E-state index < -0.39 is 29.5 Å². The smallest absolute Gasteiger partial charge is 0.259 e. The molecule has 0 spiro atoms. The number of halogens is 2. The second-order valence-corrected chi connectivity index (χ2v) is 10.9. The van der Waals surface area contributed by atoms with Crippen LogP contribution in [0.25, 0.3) is 0 Å². The molecule has 2 amide bonds. The normalized spacial score (nSPS) is 13.9. The minimum absolute atomic E-state index is 0.0561. The number of ether oxygens (including phenoxy) is 3. The number of hydrogen-bond acceptors (Lipinski definition) is 9. The number of rotatable bonds is 10. The lowest BCUT2D eigenvalue weighted by atomic mass is 10.1. The average molecular weight is 612 g/mol. The van der Waals surface area contributed by atoms with Crippen molar-refractivity contribution in [3.05, 3.63) is 76.7 Å². The summed E-state index contributed by atoms with van der Waals surface area (Å²) in [6.45, 7) is 7.62. The first-order chi connectivity index (χ1) is 20.5. The SMILES string of the molecule is CC(C)(C)OC(COc1cc(N2CCOCC2)ccc1C(=O)Nc1ccc(F)cc1C(=O)Nc1ccc(Cl)cn1)N=C=O. The van der Waals surface area contributed by atoms with E-state index >= 15 is 0 Å². The van der Waals surface area contributed by atoms with Crippen LogP contribution in [0.15, 0.2) is 59.7 Å². The Hall–Kier alpha value is -4.35. The Labute approximate surface area is 253 Å². The van der Waals surface area contributed by atoms with E-state index in [1.165, 1.54) is 30.5 Å². The van der Waals surface area contributed by atoms with Crippen molar-refractivity contribution in [3.63, 3.8) is 0 Å². The van der Waals surface area contributed by atoms with Crippen LogP contribution >= 0.6 is 11.6 Å². The number of morpholine rings is 1. The number of nitrogens with one attached hydrogen (secondary N) is 2. The molecule has 1 fully saturated rings. The van der Waals surface area contributed by atoms with Gasteiger partial charge >= 0.3 is 0 Å². The maximum atomic E-state index is 14.2. The van der Waals surface area contributed by atoms with Crippen LogP contribution in [0, 0.1) is 5.82 Å². The molecule has 0 bridgehead atoms. The summed E-state index contributed by atoms with van der Waals surface area (Å²) in [6, 6.07) is 11.5. The number of isocyanates is 1. The van der Waals surface area contributed by atoms with Gasteiger partial charge in [0.25, 0.3) is 11.8 Å². The van der Waals surface area contributed by atoms with Gasteiger partial charge in [-0.2, -0.15) is 4.99 Å². The van der Waals surface area contributed by atoms with E-state index in [1.807, 2.05) is 0 Å². The molecular weight excluding hydrogens is 581 g/mol. The highest BCUT2D eigenvalue weighted by atomic mass is 35.5. The van der Waals surface area contributed by atoms with Gasteiger partial charge < -0.3 is 29.7 Å². The average Bonchev–Trinajstić information content (AvgIpc) is 2.97. The van der Waals surface area contributed by atoms with Crippen LogP contribution in [0.4, 0.5) is 21.6 Å². The Bertz CT molecular complexity index is 1500. The summed E-state index contributed by atoms with van der Waals surface area (Å²) in [4.78, 5) is 47.4. The number of aliphatic imine (C=N–C) groups is 1. The number of amides is 2. The number of aromatic nitrogens is 1. The van der Waals surface area contributed by atoms with Crippen LogP contribution in [0.2, 0.25) is 5.02 Å². The quantitative estimate of drug-likeness (QED) is 0.240. The highest BCUT2D eigenvalue weighted by Gasteiger charge is 2.23. The van der Waals surface area contributed by atoms with E-state index in [1.54, 1.807) is 39.0 Å². The largest absolute Gasteiger partial charge is 0.488 e. The predicted octanol–water partition coefficient (Wildman–Crippen LogP) is 5.07. The molecule has 0 radical (unpaired) electrons. The van der Waals surface area contributed by atoms with Crippen molar-refractivity contribution in [2.75, 3.05) is 48.4 Å². The Morgan fingerprint density at radius 2 is 1.84 bits per heavy atom. The molecule has 43 heavy (non-hydrogen) atoms. The summed E-state index contributed by atoms with van der Waals surface area (Å²) < 4.78 is 31.4. The Morgan fingerprint density at radius 3 is 2.51 bits per heavy atom. The van der Waals surface area contributed by atoms with Gasteiger partial charge in [0, 0.05) is 31.0 Å². The molecular formula is C30H31ClFN5O6. The van der Waals surface area contributed by atoms with Gasteiger partial charge in [-0.15, -0.1) is 0 Å². The molecule has 3 aromatic rings. The van der Waals surface area contributed by atoms with Crippen molar-refractivity contribution in [1.82, 2.24) is 4.98 Å². The molecule has 11 nitrogen and oxygen atoms in total. The first-order valence-electron chi connectivity index (χ1n) is 13.4. The number of carbonyl (C=O) groups is 2. The summed E-state index contributed by atoms with van der Waals surface area (Å²) in [6.07, 6.45) is 1.87. The summed E-state index contributed by atoms with van der Waals surface area (Å²) in [7, 11) is 0. The zero-order valence-corrected chi connectivity index (χ0v) is 24.6. The molecule has 1 aromatic heterocycles. The zero-order valence-electron chi connectivity index (χ0n) is 23.9. The first kappa shape index (κ1) is 31.6. The number of nitrogens with zero attached hydrogens (tertiary/aromatic N) is 3. The lowest BCUT2D eigenvalue weighted by Crippen LogP contribution is -2.36. The van der Waals surface area contributed by atoms with Gasteiger partial charge in [0.05, 0.1) is 40.7 Å². The molecule has 1 aliphatic heterocycles. The molecule has 226 valence electrons. The molecule has 0 aliphatic carbocycles. The molecule has 0 saturated carbocycles. The zero-order chi connectivity index (χ0) is 31.0. The highest BCUT2D eigenvalue weighted by Crippen LogP contribution is 2.29. The molecule has 1 unspecified atom stereocenters. The number of anilines is 3. The van der Waals surface area contributed by atoms with Crippen molar-refractivity contribution < 1.29 is 33.0 Å². The van der Waals surface area contributed by atoms with Gasteiger partial charge in [-0.3, -0.25) is 9.59 Å². The van der Waals surface area contributed by atoms with Crippen LogP contribution in [0.3, 0.4) is 0 Å². The first-order valence-corrected chi connectivity index (χ1v) is 13.8. The third kappa shape index (κ3) is 9.07. The van der Waals surface area contributed by atoms with Crippen molar-refractivity contribution >= 4 is 46.7 Å². The van der Waals surface area contributed by atoms with Crippen molar-refractivity contribution in [2.24, 2.45) is 4.99 Å². The highest BCUT2D eigenvalue weighted by molar-refractivity contribution is 6.30. The second-order valence-electron chi connectivity index (χ2n) is 10.5. The van der Waals surface area contributed by atoms with E-state index in [-0.39, 0.29) is 35.0 Å².